The van der Waals surface area contributed by atoms with Crippen LogP contribution in [-0.2, 0) is 4.79 Å². The highest BCUT2D eigenvalue weighted by molar-refractivity contribution is 7.17. The van der Waals surface area contributed by atoms with E-state index in [1.54, 1.807) is 16.2 Å². The number of hydrogen-bond donors (Lipinski definition) is 3. The number of carbonyl (C=O) groups is 1. The Bertz CT molecular complexity index is 1080. The van der Waals surface area contributed by atoms with Gasteiger partial charge in [0.2, 0.25) is 11.9 Å². The van der Waals surface area contributed by atoms with Crippen molar-refractivity contribution in [1.82, 2.24) is 30.0 Å². The molecule has 3 N–H and O–H groups in total. The number of H-pyrrole nitrogens is 1. The first-order valence-corrected chi connectivity index (χ1v) is 11.6. The summed E-state index contributed by atoms with van der Waals surface area (Å²) in [6.45, 7) is 2.49. The van der Waals surface area contributed by atoms with Crippen molar-refractivity contribution in [2.75, 3.05) is 31.3 Å². The van der Waals surface area contributed by atoms with E-state index in [1.165, 1.54) is 0 Å². The summed E-state index contributed by atoms with van der Waals surface area (Å²) in [5.74, 6) is 2.33. The van der Waals surface area contributed by atoms with E-state index in [2.05, 4.69) is 25.7 Å². The van der Waals surface area contributed by atoms with Crippen LogP contribution in [0.4, 0.5) is 17.6 Å². The fourth-order valence-corrected chi connectivity index (χ4v) is 5.52. The second-order valence-electron chi connectivity index (χ2n) is 8.75. The second kappa shape index (κ2) is 8.08. The highest BCUT2D eigenvalue weighted by Gasteiger charge is 2.41. The van der Waals surface area contributed by atoms with Gasteiger partial charge in [-0.1, -0.05) is 0 Å². The molecule has 3 atom stereocenters. The van der Waals surface area contributed by atoms with Crippen LogP contribution in [0.1, 0.15) is 31.4 Å². The number of aromatic amines is 1. The molecule has 5 rings (SSSR count). The van der Waals surface area contributed by atoms with Crippen LogP contribution in [0.5, 0.6) is 0 Å². The van der Waals surface area contributed by atoms with Crippen molar-refractivity contribution >= 4 is 45.0 Å². The third-order valence-corrected chi connectivity index (χ3v) is 7.20. The summed E-state index contributed by atoms with van der Waals surface area (Å²) in [5.41, 5.74) is 1.92. The van der Waals surface area contributed by atoms with Gasteiger partial charge in [-0.3, -0.25) is 14.8 Å². The molecule has 3 aromatic heterocycles. The maximum atomic E-state index is 12.2. The first-order chi connectivity index (χ1) is 15.0. The Hall–Kier alpha value is -2.72. The molecule has 0 spiro atoms. The molecule has 164 valence electrons. The number of rotatable bonds is 6. The summed E-state index contributed by atoms with van der Waals surface area (Å²) in [7, 11) is 3.65. The quantitative estimate of drug-likeness (QED) is 0.542. The molecule has 0 aromatic carbocycles. The van der Waals surface area contributed by atoms with Crippen LogP contribution in [0.25, 0.3) is 10.2 Å². The van der Waals surface area contributed by atoms with Gasteiger partial charge >= 0.3 is 0 Å². The van der Waals surface area contributed by atoms with E-state index in [0.717, 1.165) is 53.2 Å². The minimum absolute atomic E-state index is 0.180. The van der Waals surface area contributed by atoms with Crippen molar-refractivity contribution < 1.29 is 4.79 Å². The van der Waals surface area contributed by atoms with E-state index >= 15 is 0 Å². The number of nitrogens with zero attached hydrogens (tertiary/aromatic N) is 5. The third kappa shape index (κ3) is 4.09. The van der Waals surface area contributed by atoms with E-state index in [9.17, 15) is 4.79 Å². The fraction of sp³-hybridized carbons (Fsp3) is 0.524. The van der Waals surface area contributed by atoms with E-state index < -0.39 is 0 Å². The van der Waals surface area contributed by atoms with Gasteiger partial charge < -0.3 is 15.5 Å². The Morgan fingerprint density at radius 1 is 1.29 bits per heavy atom. The van der Waals surface area contributed by atoms with Crippen LogP contribution in [0.15, 0.2) is 17.5 Å². The van der Waals surface area contributed by atoms with Crippen LogP contribution in [0.2, 0.25) is 0 Å². The van der Waals surface area contributed by atoms with Gasteiger partial charge in [-0.15, -0.1) is 11.3 Å². The molecule has 10 heteroatoms. The Kier molecular flexibility index (Phi) is 5.27. The molecule has 1 amide bonds. The number of thiophene rings is 1. The molecular weight excluding hydrogens is 412 g/mol. The van der Waals surface area contributed by atoms with Gasteiger partial charge in [0.15, 0.2) is 11.6 Å². The van der Waals surface area contributed by atoms with E-state index in [1.807, 2.05) is 38.5 Å². The normalized spacial score (nSPS) is 23.3. The van der Waals surface area contributed by atoms with Gasteiger partial charge in [0, 0.05) is 44.0 Å². The number of aryl methyl sites for hydroxylation is 1. The van der Waals surface area contributed by atoms with E-state index in [0.29, 0.717) is 30.6 Å². The van der Waals surface area contributed by atoms with Gasteiger partial charge in [0.1, 0.15) is 0 Å². The van der Waals surface area contributed by atoms with Crippen LogP contribution < -0.4 is 10.6 Å². The summed E-state index contributed by atoms with van der Waals surface area (Å²) in [5, 5.41) is 16.2. The van der Waals surface area contributed by atoms with E-state index in [-0.39, 0.29) is 5.91 Å². The zero-order valence-electron chi connectivity index (χ0n) is 18.1. The lowest BCUT2D eigenvalue weighted by Crippen LogP contribution is -2.50. The Labute approximate surface area is 185 Å². The van der Waals surface area contributed by atoms with Crippen LogP contribution >= 0.6 is 11.3 Å². The van der Waals surface area contributed by atoms with E-state index in [4.69, 9.17) is 9.97 Å². The van der Waals surface area contributed by atoms with Crippen molar-refractivity contribution in [3.8, 4) is 0 Å². The Morgan fingerprint density at radius 2 is 2.06 bits per heavy atom. The zero-order valence-corrected chi connectivity index (χ0v) is 18.9. The van der Waals surface area contributed by atoms with Gasteiger partial charge in [-0.05, 0) is 44.1 Å². The average Bonchev–Trinajstić information content (AvgIpc) is 3.41. The summed E-state index contributed by atoms with van der Waals surface area (Å²) < 4.78 is 1.02. The highest BCUT2D eigenvalue weighted by atomic mass is 32.1. The molecular formula is C21H28N8OS. The Morgan fingerprint density at radius 3 is 2.74 bits per heavy atom. The number of hydrogen-bond acceptors (Lipinski definition) is 8. The Balaban J connectivity index is 1.32. The summed E-state index contributed by atoms with van der Waals surface area (Å²) in [6, 6.07) is 5.16. The fourth-order valence-electron chi connectivity index (χ4n) is 4.75. The zero-order chi connectivity index (χ0) is 21.5. The first kappa shape index (κ1) is 20.2. The summed E-state index contributed by atoms with van der Waals surface area (Å²) in [6.07, 6.45) is 4.31. The molecule has 3 aromatic rings. The second-order valence-corrected chi connectivity index (χ2v) is 9.67. The minimum Gasteiger partial charge on any atom is -0.351 e. The molecule has 0 aliphatic carbocycles. The van der Waals surface area contributed by atoms with Crippen LogP contribution in [-0.4, -0.2) is 74.6 Å². The minimum atomic E-state index is 0.180. The number of fused-ring (bicyclic) bond motifs is 3. The molecule has 1 unspecified atom stereocenters. The SMILES string of the molecule is Cc1cc(Nc2nc(NC3C[C@H]4CC[C@@H](C3)N4CC(=O)N(C)C)nc3ccsc23)n[nH]1. The molecule has 9 nitrogen and oxygen atoms in total. The number of aromatic nitrogens is 4. The lowest BCUT2D eigenvalue weighted by Gasteiger charge is -2.39. The number of piperidine rings is 1. The number of carbonyl (C=O) groups excluding carboxylic acids is 1. The maximum absolute atomic E-state index is 12.2. The molecule has 2 aliphatic heterocycles. The summed E-state index contributed by atoms with van der Waals surface area (Å²) in [4.78, 5) is 25.8. The first-order valence-electron chi connectivity index (χ1n) is 10.7. The molecule has 31 heavy (non-hydrogen) atoms. The predicted molar refractivity (Wildman–Crippen MR) is 123 cm³/mol. The maximum Gasteiger partial charge on any atom is 0.236 e. The van der Waals surface area contributed by atoms with Crippen molar-refractivity contribution in [2.45, 2.75) is 50.7 Å². The van der Waals surface area contributed by atoms with Crippen molar-refractivity contribution in [2.24, 2.45) is 0 Å². The third-order valence-electron chi connectivity index (χ3n) is 6.29. The number of anilines is 3. The monoisotopic (exact) mass is 440 g/mol. The number of nitrogens with one attached hydrogen (secondary N) is 3. The standard InChI is InChI=1S/C21H28N8OS/c1-12-8-17(27-26-12)24-20-19-16(6-7-31-19)23-21(25-20)22-13-9-14-4-5-15(10-13)29(14)11-18(30)28(2)3/h6-8,13-15H,4-5,9-11H2,1-3H3,(H3,22,23,24,25,26,27)/t13?,14-,15+. The molecule has 2 bridgehead atoms. The van der Waals surface area contributed by atoms with Crippen LogP contribution in [0, 0.1) is 6.92 Å². The van der Waals surface area contributed by atoms with Gasteiger partial charge in [0.05, 0.1) is 16.8 Å². The summed E-state index contributed by atoms with van der Waals surface area (Å²) >= 11 is 1.62. The predicted octanol–water partition coefficient (Wildman–Crippen LogP) is 2.96. The largest absolute Gasteiger partial charge is 0.351 e. The molecule has 0 saturated carbocycles. The number of likely N-dealkylation sites (N-methyl/N-ethyl adjacent to an activating group) is 1. The van der Waals surface area contributed by atoms with Gasteiger partial charge in [0.25, 0.3) is 0 Å². The van der Waals surface area contributed by atoms with Crippen molar-refractivity contribution in [3.63, 3.8) is 0 Å². The molecule has 2 aliphatic rings. The van der Waals surface area contributed by atoms with Crippen molar-refractivity contribution in [3.05, 3.63) is 23.2 Å². The average molecular weight is 441 g/mol. The molecule has 0 radical (unpaired) electrons. The molecule has 2 saturated heterocycles. The number of amides is 1. The van der Waals surface area contributed by atoms with Crippen LogP contribution in [0.3, 0.4) is 0 Å². The lowest BCUT2D eigenvalue weighted by atomic mass is 9.97. The lowest BCUT2D eigenvalue weighted by molar-refractivity contribution is -0.131. The topological polar surface area (TPSA) is 102 Å². The molecule has 2 fully saturated rings. The van der Waals surface area contributed by atoms with Gasteiger partial charge in [-0.2, -0.15) is 10.1 Å². The smallest absolute Gasteiger partial charge is 0.236 e. The highest BCUT2D eigenvalue weighted by Crippen LogP contribution is 2.37. The molecule has 5 heterocycles. The van der Waals surface area contributed by atoms with Crippen molar-refractivity contribution in [1.29, 1.82) is 0 Å². The van der Waals surface area contributed by atoms with Gasteiger partial charge in [-0.25, -0.2) is 4.98 Å².